The number of anilines is 1. The number of hydrogen-bond acceptors (Lipinski definition) is 5. The molecule has 0 radical (unpaired) electrons. The summed E-state index contributed by atoms with van der Waals surface area (Å²) in [4.78, 5) is 13.2. The van der Waals surface area contributed by atoms with Crippen molar-refractivity contribution in [1.82, 2.24) is 4.90 Å². The molecule has 1 amide bonds. The van der Waals surface area contributed by atoms with Gasteiger partial charge >= 0.3 is 0 Å². The highest BCUT2D eigenvalue weighted by molar-refractivity contribution is 5.93. The van der Waals surface area contributed by atoms with E-state index < -0.39 is 0 Å². The van der Waals surface area contributed by atoms with Crippen LogP contribution in [0.5, 0.6) is 0 Å². The van der Waals surface area contributed by atoms with E-state index in [4.69, 9.17) is 15.8 Å². The molecule has 0 aliphatic rings. The second kappa shape index (κ2) is 7.45. The van der Waals surface area contributed by atoms with Gasteiger partial charge in [-0.05, 0) is 12.1 Å². The van der Waals surface area contributed by atoms with Gasteiger partial charge in [-0.2, -0.15) is 15.8 Å². The molecular formula is C13H11N5O. The Morgan fingerprint density at radius 3 is 2.37 bits per heavy atom. The highest BCUT2D eigenvalue weighted by Crippen LogP contribution is 2.13. The maximum absolute atomic E-state index is 11.8. The zero-order chi connectivity index (χ0) is 14.1. The number of benzene rings is 1. The molecule has 94 valence electrons. The lowest BCUT2D eigenvalue weighted by Gasteiger charge is -2.15. The Morgan fingerprint density at radius 2 is 1.79 bits per heavy atom. The number of nitrogens with one attached hydrogen (secondary N) is 1. The summed E-state index contributed by atoms with van der Waals surface area (Å²) >= 11 is 0. The highest BCUT2D eigenvalue weighted by Gasteiger charge is 2.11. The van der Waals surface area contributed by atoms with Gasteiger partial charge in [-0.1, -0.05) is 12.1 Å². The molecular weight excluding hydrogens is 242 g/mol. The summed E-state index contributed by atoms with van der Waals surface area (Å²) in [6.07, 6.45) is 0. The average molecular weight is 253 g/mol. The van der Waals surface area contributed by atoms with Crippen LogP contribution < -0.4 is 5.32 Å². The summed E-state index contributed by atoms with van der Waals surface area (Å²) in [7, 11) is 0. The summed E-state index contributed by atoms with van der Waals surface area (Å²) in [6, 6.07) is 12.4. The topological polar surface area (TPSA) is 104 Å². The molecule has 1 aromatic carbocycles. The van der Waals surface area contributed by atoms with E-state index in [0.717, 1.165) is 0 Å². The van der Waals surface area contributed by atoms with E-state index in [0.29, 0.717) is 11.3 Å². The molecule has 19 heavy (non-hydrogen) atoms. The van der Waals surface area contributed by atoms with Crippen LogP contribution in [0.4, 0.5) is 5.69 Å². The van der Waals surface area contributed by atoms with Crippen molar-refractivity contribution in [2.75, 3.05) is 25.0 Å². The number of carbonyl (C=O) groups is 1. The van der Waals surface area contributed by atoms with E-state index >= 15 is 0 Å². The molecule has 0 aromatic heterocycles. The Labute approximate surface area is 111 Å². The molecule has 0 bridgehead atoms. The van der Waals surface area contributed by atoms with Crippen molar-refractivity contribution in [1.29, 1.82) is 15.8 Å². The van der Waals surface area contributed by atoms with Crippen LogP contribution in [0.15, 0.2) is 24.3 Å². The van der Waals surface area contributed by atoms with Crippen molar-refractivity contribution < 1.29 is 4.79 Å². The van der Waals surface area contributed by atoms with Crippen molar-refractivity contribution in [3.8, 4) is 18.2 Å². The van der Waals surface area contributed by atoms with E-state index in [9.17, 15) is 4.79 Å². The van der Waals surface area contributed by atoms with Crippen LogP contribution in [-0.4, -0.2) is 30.4 Å². The summed E-state index contributed by atoms with van der Waals surface area (Å²) in [5.74, 6) is -0.367. The lowest BCUT2D eigenvalue weighted by Crippen LogP contribution is -2.34. The number of amides is 1. The van der Waals surface area contributed by atoms with Crippen molar-refractivity contribution in [2.24, 2.45) is 0 Å². The van der Waals surface area contributed by atoms with E-state index in [1.807, 2.05) is 18.2 Å². The minimum atomic E-state index is -0.367. The molecule has 0 fully saturated rings. The van der Waals surface area contributed by atoms with Gasteiger partial charge in [0.05, 0.1) is 43.0 Å². The minimum Gasteiger partial charge on any atom is -0.324 e. The first-order valence-corrected chi connectivity index (χ1v) is 5.46. The SMILES string of the molecule is N#CCN(CC#N)CC(=O)Nc1ccccc1C#N. The Balaban J connectivity index is 2.68. The molecule has 0 aliphatic heterocycles. The summed E-state index contributed by atoms with van der Waals surface area (Å²) in [5.41, 5.74) is 0.784. The van der Waals surface area contributed by atoms with Crippen LogP contribution in [0.3, 0.4) is 0 Å². The predicted molar refractivity (Wildman–Crippen MR) is 67.5 cm³/mol. The monoisotopic (exact) mass is 253 g/mol. The lowest BCUT2D eigenvalue weighted by atomic mass is 10.2. The molecule has 0 spiro atoms. The average Bonchev–Trinajstić information content (AvgIpc) is 2.40. The van der Waals surface area contributed by atoms with Crippen molar-refractivity contribution in [2.45, 2.75) is 0 Å². The van der Waals surface area contributed by atoms with Gasteiger partial charge in [0.15, 0.2) is 0 Å². The van der Waals surface area contributed by atoms with Crippen LogP contribution in [0.1, 0.15) is 5.56 Å². The van der Waals surface area contributed by atoms with Crippen LogP contribution in [-0.2, 0) is 4.79 Å². The molecule has 1 rings (SSSR count). The molecule has 1 N–H and O–H groups in total. The maximum atomic E-state index is 11.8. The molecule has 0 atom stereocenters. The number of rotatable bonds is 5. The molecule has 0 saturated heterocycles. The Morgan fingerprint density at radius 1 is 1.16 bits per heavy atom. The number of carbonyl (C=O) groups excluding carboxylic acids is 1. The molecule has 0 heterocycles. The van der Waals surface area contributed by atoms with Gasteiger partial charge in [-0.25, -0.2) is 0 Å². The molecule has 0 unspecified atom stereocenters. The fourth-order valence-electron chi connectivity index (χ4n) is 1.45. The first-order chi connectivity index (χ1) is 9.21. The largest absolute Gasteiger partial charge is 0.324 e. The Kier molecular flexibility index (Phi) is 5.56. The summed E-state index contributed by atoms with van der Waals surface area (Å²) in [6.45, 7) is -0.0668. The van der Waals surface area contributed by atoms with Crippen LogP contribution >= 0.6 is 0 Å². The van der Waals surface area contributed by atoms with Crippen molar-refractivity contribution in [3.05, 3.63) is 29.8 Å². The first-order valence-electron chi connectivity index (χ1n) is 5.46. The number of nitriles is 3. The Bertz CT molecular complexity index is 560. The predicted octanol–water partition coefficient (Wildman–Crippen LogP) is 0.846. The third kappa shape index (κ3) is 4.47. The zero-order valence-electron chi connectivity index (χ0n) is 10.1. The molecule has 6 heteroatoms. The second-order valence-corrected chi connectivity index (χ2v) is 3.67. The first kappa shape index (κ1) is 14.2. The lowest BCUT2D eigenvalue weighted by molar-refractivity contribution is -0.117. The van der Waals surface area contributed by atoms with E-state index in [-0.39, 0.29) is 25.5 Å². The van der Waals surface area contributed by atoms with Crippen molar-refractivity contribution >= 4 is 11.6 Å². The van der Waals surface area contributed by atoms with Crippen LogP contribution in [0.2, 0.25) is 0 Å². The zero-order valence-corrected chi connectivity index (χ0v) is 10.1. The molecule has 1 aromatic rings. The van der Waals surface area contributed by atoms with E-state index in [1.54, 1.807) is 24.3 Å². The quantitative estimate of drug-likeness (QED) is 0.783. The summed E-state index contributed by atoms with van der Waals surface area (Å²) < 4.78 is 0. The van der Waals surface area contributed by atoms with E-state index in [2.05, 4.69) is 5.32 Å². The third-order valence-electron chi connectivity index (χ3n) is 2.28. The van der Waals surface area contributed by atoms with Gasteiger partial charge in [-0.15, -0.1) is 0 Å². The van der Waals surface area contributed by atoms with Gasteiger partial charge in [-0.3, -0.25) is 9.69 Å². The normalized spacial score (nSPS) is 9.16. The van der Waals surface area contributed by atoms with Gasteiger partial charge in [0, 0.05) is 0 Å². The molecule has 6 nitrogen and oxygen atoms in total. The fourth-order valence-corrected chi connectivity index (χ4v) is 1.45. The molecule has 0 aliphatic carbocycles. The Hall–Kier alpha value is -2.88. The summed E-state index contributed by atoms with van der Waals surface area (Å²) in [5, 5.41) is 28.6. The van der Waals surface area contributed by atoms with E-state index in [1.165, 1.54) is 4.90 Å². The van der Waals surface area contributed by atoms with Gasteiger partial charge in [0.25, 0.3) is 0 Å². The number of nitrogens with zero attached hydrogens (tertiary/aromatic N) is 4. The number of hydrogen-bond donors (Lipinski definition) is 1. The highest BCUT2D eigenvalue weighted by atomic mass is 16.2. The smallest absolute Gasteiger partial charge is 0.238 e. The number of para-hydroxylation sites is 1. The maximum Gasteiger partial charge on any atom is 0.238 e. The van der Waals surface area contributed by atoms with Crippen molar-refractivity contribution in [3.63, 3.8) is 0 Å². The fraction of sp³-hybridized carbons (Fsp3) is 0.231. The van der Waals surface area contributed by atoms with Gasteiger partial charge < -0.3 is 5.32 Å². The standard InChI is InChI=1S/C13H11N5O/c14-5-7-18(8-6-15)10-13(19)17-12-4-2-1-3-11(12)9-16/h1-4H,7-8,10H2,(H,17,19). The van der Waals surface area contributed by atoms with Crippen LogP contribution in [0, 0.1) is 34.0 Å². The molecule has 0 saturated carbocycles. The van der Waals surface area contributed by atoms with Gasteiger partial charge in [0.2, 0.25) is 5.91 Å². The van der Waals surface area contributed by atoms with Gasteiger partial charge in [0.1, 0.15) is 6.07 Å². The van der Waals surface area contributed by atoms with Crippen LogP contribution in [0.25, 0.3) is 0 Å². The second-order valence-electron chi connectivity index (χ2n) is 3.67. The third-order valence-corrected chi connectivity index (χ3v) is 2.28. The minimum absolute atomic E-state index is 0.000870.